The van der Waals surface area contributed by atoms with E-state index in [0.29, 0.717) is 16.5 Å². The molecule has 0 radical (unpaired) electrons. The number of nitro groups is 1. The molecule has 30 heavy (non-hydrogen) atoms. The number of carbonyl (C=O) groups is 1. The van der Waals surface area contributed by atoms with E-state index in [-0.39, 0.29) is 28.8 Å². The van der Waals surface area contributed by atoms with Gasteiger partial charge in [0.15, 0.2) is 15.0 Å². The molecule has 0 spiro atoms. The third-order valence-corrected chi connectivity index (χ3v) is 6.73. The Kier molecular flexibility index (Phi) is 6.79. The number of amides is 1. The molecule has 0 saturated heterocycles. The van der Waals surface area contributed by atoms with Gasteiger partial charge in [-0.1, -0.05) is 23.9 Å². The topological polar surface area (TPSA) is 148 Å². The van der Waals surface area contributed by atoms with E-state index in [1.165, 1.54) is 30.2 Å². The normalized spacial score (nSPS) is 11.2. The third kappa shape index (κ3) is 5.64. The quantitative estimate of drug-likeness (QED) is 0.288. The maximum Gasteiger partial charge on any atom is 0.269 e. The molecule has 0 unspecified atom stereocenters. The van der Waals surface area contributed by atoms with Gasteiger partial charge in [0.25, 0.3) is 11.6 Å². The molecule has 3 rings (SSSR count). The average Bonchev–Trinajstić information content (AvgIpc) is 3.26. The minimum Gasteiger partial charge on any atom is -0.351 e. The van der Waals surface area contributed by atoms with Crippen molar-refractivity contribution in [1.29, 1.82) is 0 Å². The Labute approximate surface area is 176 Å². The lowest BCUT2D eigenvalue weighted by molar-refractivity contribution is -0.384. The summed E-state index contributed by atoms with van der Waals surface area (Å²) in [7, 11) is -3.67. The summed E-state index contributed by atoms with van der Waals surface area (Å²) < 4.78 is 24.6. The molecular weight excluding hydrogens is 430 g/mol. The van der Waals surface area contributed by atoms with Crippen LogP contribution in [0.15, 0.2) is 64.9 Å². The van der Waals surface area contributed by atoms with Crippen LogP contribution in [-0.2, 0) is 15.6 Å². The maximum atomic E-state index is 12.3. The molecule has 0 saturated carbocycles. The van der Waals surface area contributed by atoms with Crippen LogP contribution in [0, 0.1) is 10.1 Å². The van der Waals surface area contributed by atoms with Gasteiger partial charge in [0.05, 0.1) is 15.6 Å². The number of nitro benzene ring substituents is 1. The number of aromatic nitrogens is 3. The number of rotatable bonds is 9. The van der Waals surface area contributed by atoms with Gasteiger partial charge in [-0.2, -0.15) is 5.10 Å². The van der Waals surface area contributed by atoms with E-state index in [2.05, 4.69) is 20.5 Å². The largest absolute Gasteiger partial charge is 0.351 e. The van der Waals surface area contributed by atoms with Crippen LogP contribution in [0.25, 0.3) is 0 Å². The second-order valence-corrected chi connectivity index (χ2v) is 9.18. The number of hydrogen-bond donors (Lipinski definition) is 2. The molecule has 0 fully saturated rings. The summed E-state index contributed by atoms with van der Waals surface area (Å²) in [6, 6.07) is 11.6. The van der Waals surface area contributed by atoms with Crippen LogP contribution in [0.4, 0.5) is 5.69 Å². The summed E-state index contributed by atoms with van der Waals surface area (Å²) in [5, 5.41) is 20.4. The molecule has 0 aliphatic heterocycles. The number of sulfone groups is 1. The first-order valence-corrected chi connectivity index (χ1v) is 11.3. The molecule has 156 valence electrons. The van der Waals surface area contributed by atoms with Crippen molar-refractivity contribution in [3.05, 3.63) is 76.1 Å². The molecule has 1 aromatic heterocycles. The van der Waals surface area contributed by atoms with Gasteiger partial charge >= 0.3 is 0 Å². The summed E-state index contributed by atoms with van der Waals surface area (Å²) in [6.07, 6.45) is 1.43. The summed E-state index contributed by atoms with van der Waals surface area (Å²) in [5.41, 5.74) is 1.22. The molecule has 0 atom stereocenters. The Morgan fingerprint density at radius 2 is 1.83 bits per heavy atom. The fourth-order valence-corrected chi connectivity index (χ4v) is 4.35. The molecule has 0 aliphatic carbocycles. The summed E-state index contributed by atoms with van der Waals surface area (Å²) in [4.78, 5) is 26.3. The second-order valence-electron chi connectivity index (χ2n) is 6.10. The lowest BCUT2D eigenvalue weighted by Crippen LogP contribution is -2.29. The Balaban J connectivity index is 1.50. The predicted octanol–water partition coefficient (Wildman–Crippen LogP) is 2.21. The Morgan fingerprint density at radius 3 is 2.43 bits per heavy atom. The molecule has 1 amide bonds. The van der Waals surface area contributed by atoms with Crippen molar-refractivity contribution in [3.8, 4) is 0 Å². The van der Waals surface area contributed by atoms with E-state index in [9.17, 15) is 23.3 Å². The van der Waals surface area contributed by atoms with E-state index in [1.807, 2.05) is 12.1 Å². The van der Waals surface area contributed by atoms with Crippen LogP contribution in [0.2, 0.25) is 0 Å². The van der Waals surface area contributed by atoms with Gasteiger partial charge in [0.2, 0.25) is 0 Å². The minimum atomic E-state index is -3.67. The molecule has 2 aromatic carbocycles. The highest BCUT2D eigenvalue weighted by molar-refractivity contribution is 7.98. The second kappa shape index (κ2) is 9.50. The zero-order chi connectivity index (χ0) is 21.6. The van der Waals surface area contributed by atoms with Crippen molar-refractivity contribution in [2.45, 2.75) is 15.8 Å². The molecule has 1 heterocycles. The van der Waals surface area contributed by atoms with Crippen LogP contribution in [-0.4, -0.2) is 46.7 Å². The maximum absolute atomic E-state index is 12.3. The first kappa shape index (κ1) is 21.5. The molecule has 0 bridgehead atoms. The lowest BCUT2D eigenvalue weighted by Gasteiger charge is -2.07. The first-order valence-electron chi connectivity index (χ1n) is 8.68. The Hall–Kier alpha value is -3.25. The summed E-state index contributed by atoms with van der Waals surface area (Å²) in [5.74, 6) is -0.0455. The SMILES string of the molecule is O=C(NCCS(=O)(=O)c1ccc([N+](=O)[O-])cc1)c1ccc(CSc2ncn[nH]2)cc1. The van der Waals surface area contributed by atoms with Crippen LogP contribution in [0.5, 0.6) is 0 Å². The number of nitrogens with one attached hydrogen (secondary N) is 2. The van der Waals surface area contributed by atoms with Gasteiger partial charge in [0, 0.05) is 30.0 Å². The monoisotopic (exact) mass is 447 g/mol. The van der Waals surface area contributed by atoms with Crippen molar-refractivity contribution >= 4 is 33.2 Å². The Morgan fingerprint density at radius 1 is 1.13 bits per heavy atom. The van der Waals surface area contributed by atoms with Crippen molar-refractivity contribution in [2.75, 3.05) is 12.3 Å². The van der Waals surface area contributed by atoms with Crippen LogP contribution in [0.3, 0.4) is 0 Å². The number of aromatic amines is 1. The number of non-ortho nitro benzene ring substituents is 1. The van der Waals surface area contributed by atoms with Crippen molar-refractivity contribution in [1.82, 2.24) is 20.5 Å². The van der Waals surface area contributed by atoms with E-state index >= 15 is 0 Å². The Bertz CT molecular complexity index is 1110. The number of H-pyrrole nitrogens is 1. The number of nitrogens with zero attached hydrogens (tertiary/aromatic N) is 3. The summed E-state index contributed by atoms with van der Waals surface area (Å²) >= 11 is 1.48. The predicted molar refractivity (Wildman–Crippen MR) is 110 cm³/mol. The average molecular weight is 447 g/mol. The van der Waals surface area contributed by atoms with Crippen molar-refractivity contribution < 1.29 is 18.1 Å². The highest BCUT2D eigenvalue weighted by Crippen LogP contribution is 2.19. The van der Waals surface area contributed by atoms with Crippen LogP contribution >= 0.6 is 11.8 Å². The van der Waals surface area contributed by atoms with Gasteiger partial charge in [-0.3, -0.25) is 20.0 Å². The van der Waals surface area contributed by atoms with E-state index in [1.54, 1.807) is 12.1 Å². The van der Waals surface area contributed by atoms with Crippen LogP contribution < -0.4 is 5.32 Å². The van der Waals surface area contributed by atoms with Crippen molar-refractivity contribution in [3.63, 3.8) is 0 Å². The number of carbonyl (C=O) groups excluding carboxylic acids is 1. The molecule has 3 aromatic rings. The number of benzene rings is 2. The molecule has 12 heteroatoms. The van der Waals surface area contributed by atoms with Gasteiger partial charge in [-0.25, -0.2) is 13.4 Å². The smallest absolute Gasteiger partial charge is 0.269 e. The molecular formula is C18H17N5O5S2. The molecule has 0 aliphatic rings. The minimum absolute atomic E-state index is 0.0315. The van der Waals surface area contributed by atoms with Gasteiger partial charge in [0.1, 0.15) is 6.33 Å². The highest BCUT2D eigenvalue weighted by atomic mass is 32.2. The van der Waals surface area contributed by atoms with Crippen molar-refractivity contribution in [2.24, 2.45) is 0 Å². The fourth-order valence-electron chi connectivity index (χ4n) is 2.46. The zero-order valence-electron chi connectivity index (χ0n) is 15.5. The van der Waals surface area contributed by atoms with Gasteiger partial charge < -0.3 is 5.32 Å². The first-order chi connectivity index (χ1) is 14.3. The van der Waals surface area contributed by atoms with E-state index in [4.69, 9.17) is 0 Å². The number of hydrogen-bond acceptors (Lipinski definition) is 8. The highest BCUT2D eigenvalue weighted by Gasteiger charge is 2.16. The van der Waals surface area contributed by atoms with E-state index < -0.39 is 14.8 Å². The molecule has 2 N–H and O–H groups in total. The van der Waals surface area contributed by atoms with E-state index in [0.717, 1.165) is 17.7 Å². The number of thioether (sulfide) groups is 1. The van der Waals surface area contributed by atoms with Gasteiger partial charge in [-0.15, -0.1) is 0 Å². The lowest BCUT2D eigenvalue weighted by atomic mass is 10.1. The zero-order valence-corrected chi connectivity index (χ0v) is 17.1. The summed E-state index contributed by atoms with van der Waals surface area (Å²) in [6.45, 7) is -0.0821. The fraction of sp³-hybridized carbons (Fsp3) is 0.167. The molecule has 10 nitrogen and oxygen atoms in total. The van der Waals surface area contributed by atoms with Crippen LogP contribution in [0.1, 0.15) is 15.9 Å². The third-order valence-electron chi connectivity index (χ3n) is 4.05. The standard InChI is InChI=1S/C18H17N5O5S2/c24-17(14-3-1-13(2-4-14)11-29-18-20-12-21-22-18)19-9-10-30(27,28)16-7-5-15(6-8-16)23(25)26/h1-8,12H,9-11H2,(H,19,24)(H,20,21,22). The van der Waals surface area contributed by atoms with Gasteiger partial charge in [-0.05, 0) is 29.8 Å².